The van der Waals surface area contributed by atoms with Gasteiger partial charge in [0.15, 0.2) is 5.78 Å². The Morgan fingerprint density at radius 1 is 0.667 bits per heavy atom. The lowest BCUT2D eigenvalue weighted by atomic mass is 10.0. The molecule has 0 aliphatic rings. The summed E-state index contributed by atoms with van der Waals surface area (Å²) >= 11 is 0. The Morgan fingerprint density at radius 2 is 1.22 bits per heavy atom. The largest absolute Gasteiger partial charge is 0.295 e. The van der Waals surface area contributed by atoms with Crippen LogP contribution in [0.15, 0.2) is 85.2 Å². The Balaban J connectivity index is 1.86. The third kappa shape index (κ3) is 3.65. The summed E-state index contributed by atoms with van der Waals surface area (Å²) in [7, 11) is 0. The van der Waals surface area contributed by atoms with Gasteiger partial charge in [0.2, 0.25) is 0 Å². The van der Waals surface area contributed by atoms with Crippen LogP contribution in [0.2, 0.25) is 0 Å². The number of aromatic nitrogens is 3. The molecule has 0 bridgehead atoms. The van der Waals surface area contributed by atoms with Crippen molar-refractivity contribution in [3.8, 4) is 33.9 Å². The molecule has 0 amide bonds. The van der Waals surface area contributed by atoms with Crippen LogP contribution in [0.1, 0.15) is 17.3 Å². The third-order valence-corrected chi connectivity index (χ3v) is 4.30. The Labute approximate surface area is 157 Å². The molecule has 4 nitrogen and oxygen atoms in total. The number of benzene rings is 1. The maximum atomic E-state index is 11.5. The molecule has 0 saturated heterocycles. The molecule has 0 atom stereocenters. The summed E-state index contributed by atoms with van der Waals surface area (Å²) in [6.45, 7) is 1.57. The second-order valence-corrected chi connectivity index (χ2v) is 6.19. The number of hydrogen-bond donors (Lipinski definition) is 0. The van der Waals surface area contributed by atoms with Gasteiger partial charge in [-0.2, -0.15) is 0 Å². The van der Waals surface area contributed by atoms with Gasteiger partial charge in [0.1, 0.15) is 0 Å². The highest BCUT2D eigenvalue weighted by Crippen LogP contribution is 2.29. The third-order valence-electron chi connectivity index (χ3n) is 4.30. The van der Waals surface area contributed by atoms with Crippen molar-refractivity contribution in [3.05, 3.63) is 90.8 Å². The number of ketones is 1. The lowest BCUT2D eigenvalue weighted by Gasteiger charge is -2.09. The van der Waals surface area contributed by atoms with Crippen LogP contribution in [-0.2, 0) is 0 Å². The normalized spacial score (nSPS) is 10.6. The van der Waals surface area contributed by atoms with E-state index in [0.717, 1.165) is 33.9 Å². The smallest absolute Gasteiger partial charge is 0.159 e. The fraction of sp³-hybridized carbons (Fsp3) is 0.0435. The van der Waals surface area contributed by atoms with Gasteiger partial charge in [-0.15, -0.1) is 0 Å². The summed E-state index contributed by atoms with van der Waals surface area (Å²) in [5.74, 6) is 0.0552. The van der Waals surface area contributed by atoms with Gasteiger partial charge in [-0.3, -0.25) is 14.8 Å². The van der Waals surface area contributed by atoms with E-state index in [-0.39, 0.29) is 5.78 Å². The monoisotopic (exact) mass is 351 g/mol. The Bertz CT molecular complexity index is 1020. The van der Waals surface area contributed by atoms with E-state index in [1.807, 2.05) is 72.8 Å². The topological polar surface area (TPSA) is 55.7 Å². The molecule has 3 heterocycles. The van der Waals surface area contributed by atoms with E-state index < -0.39 is 0 Å². The van der Waals surface area contributed by atoms with Gasteiger partial charge in [0.05, 0.1) is 22.8 Å². The van der Waals surface area contributed by atoms with Crippen molar-refractivity contribution in [2.75, 3.05) is 0 Å². The second kappa shape index (κ2) is 7.30. The molecule has 4 aromatic rings. The number of carbonyl (C=O) groups excluding carboxylic acids is 1. The number of hydrogen-bond acceptors (Lipinski definition) is 4. The second-order valence-electron chi connectivity index (χ2n) is 6.19. The van der Waals surface area contributed by atoms with E-state index in [2.05, 4.69) is 9.97 Å². The molecule has 0 saturated carbocycles. The van der Waals surface area contributed by atoms with Crippen molar-refractivity contribution >= 4 is 5.78 Å². The van der Waals surface area contributed by atoms with E-state index in [0.29, 0.717) is 5.56 Å². The van der Waals surface area contributed by atoms with Gasteiger partial charge >= 0.3 is 0 Å². The summed E-state index contributed by atoms with van der Waals surface area (Å²) in [5, 5.41) is 0. The summed E-state index contributed by atoms with van der Waals surface area (Å²) < 4.78 is 0. The first-order valence-electron chi connectivity index (χ1n) is 8.67. The van der Waals surface area contributed by atoms with Gasteiger partial charge in [-0.05, 0) is 54.4 Å². The predicted molar refractivity (Wildman–Crippen MR) is 106 cm³/mol. The van der Waals surface area contributed by atoms with Crippen molar-refractivity contribution in [3.63, 3.8) is 0 Å². The molecule has 4 rings (SSSR count). The molecule has 0 radical (unpaired) electrons. The summed E-state index contributed by atoms with van der Waals surface area (Å²) in [4.78, 5) is 25.2. The first-order valence-corrected chi connectivity index (χ1v) is 8.67. The molecule has 0 spiro atoms. The van der Waals surface area contributed by atoms with Gasteiger partial charge in [-0.1, -0.05) is 36.4 Å². The molecular weight excluding hydrogens is 334 g/mol. The maximum absolute atomic E-state index is 11.5. The fourth-order valence-electron chi connectivity index (χ4n) is 2.89. The Kier molecular flexibility index (Phi) is 4.54. The maximum Gasteiger partial charge on any atom is 0.159 e. The molecule has 3 aromatic heterocycles. The van der Waals surface area contributed by atoms with Crippen molar-refractivity contribution < 1.29 is 4.79 Å². The average molecular weight is 351 g/mol. The van der Waals surface area contributed by atoms with Gasteiger partial charge in [0, 0.05) is 18.0 Å². The van der Waals surface area contributed by atoms with Crippen molar-refractivity contribution in [2.45, 2.75) is 6.92 Å². The van der Waals surface area contributed by atoms with Crippen LogP contribution in [0, 0.1) is 0 Å². The van der Waals surface area contributed by atoms with Crippen LogP contribution in [0.3, 0.4) is 0 Å². The Morgan fingerprint density at radius 3 is 1.67 bits per heavy atom. The minimum atomic E-state index is 0.0552. The van der Waals surface area contributed by atoms with Gasteiger partial charge in [-0.25, -0.2) is 4.98 Å². The number of nitrogens with zero attached hydrogens (tertiary/aromatic N) is 3. The van der Waals surface area contributed by atoms with Crippen LogP contribution in [0.5, 0.6) is 0 Å². The van der Waals surface area contributed by atoms with E-state index in [1.165, 1.54) is 0 Å². The van der Waals surface area contributed by atoms with Gasteiger partial charge in [0.25, 0.3) is 0 Å². The quantitative estimate of drug-likeness (QED) is 0.481. The zero-order chi connectivity index (χ0) is 18.6. The summed E-state index contributed by atoms with van der Waals surface area (Å²) in [6.07, 6.45) is 3.51. The average Bonchev–Trinajstić information content (AvgIpc) is 2.75. The first-order chi connectivity index (χ1) is 13.2. The molecule has 0 N–H and O–H groups in total. The summed E-state index contributed by atoms with van der Waals surface area (Å²) in [5.41, 5.74) is 5.88. The first kappa shape index (κ1) is 16.8. The minimum absolute atomic E-state index is 0.0552. The van der Waals surface area contributed by atoms with Crippen LogP contribution < -0.4 is 0 Å². The van der Waals surface area contributed by atoms with Crippen LogP contribution in [-0.4, -0.2) is 20.7 Å². The van der Waals surface area contributed by atoms with Crippen LogP contribution >= 0.6 is 0 Å². The minimum Gasteiger partial charge on any atom is -0.295 e. The number of carbonyl (C=O) groups is 1. The lowest BCUT2D eigenvalue weighted by Crippen LogP contribution is -1.94. The SMILES string of the molecule is CC(=O)c1ccc(-c2cc(-c3ccccn3)nc(-c3ccccn3)c2)cc1. The number of rotatable bonds is 4. The molecular formula is C23H17N3O. The van der Waals surface area contributed by atoms with E-state index in [9.17, 15) is 4.79 Å². The highest BCUT2D eigenvalue weighted by Gasteiger charge is 2.10. The van der Waals surface area contributed by atoms with Crippen molar-refractivity contribution in [2.24, 2.45) is 0 Å². The zero-order valence-electron chi connectivity index (χ0n) is 14.8. The molecule has 130 valence electrons. The lowest BCUT2D eigenvalue weighted by molar-refractivity contribution is 0.101. The van der Waals surface area contributed by atoms with E-state index >= 15 is 0 Å². The molecule has 0 unspecified atom stereocenters. The van der Waals surface area contributed by atoms with E-state index in [1.54, 1.807) is 19.3 Å². The number of Topliss-reactive ketones (excluding diaryl/α,β-unsaturated/α-hetero) is 1. The molecule has 1 aromatic carbocycles. The highest BCUT2D eigenvalue weighted by molar-refractivity contribution is 5.94. The van der Waals surface area contributed by atoms with E-state index in [4.69, 9.17) is 4.98 Å². The van der Waals surface area contributed by atoms with Gasteiger partial charge < -0.3 is 0 Å². The van der Waals surface area contributed by atoms with Crippen LogP contribution in [0.4, 0.5) is 0 Å². The Hall–Kier alpha value is -3.66. The molecule has 0 fully saturated rings. The molecule has 27 heavy (non-hydrogen) atoms. The standard InChI is InChI=1S/C23H17N3O/c1-16(27)17-8-10-18(11-9-17)19-14-22(20-6-2-4-12-24-20)26-23(15-19)21-7-3-5-13-25-21/h2-15H,1H3. The molecule has 0 aliphatic carbocycles. The molecule has 0 aliphatic heterocycles. The number of pyridine rings is 3. The zero-order valence-corrected chi connectivity index (χ0v) is 14.8. The molecule has 4 heteroatoms. The van der Waals surface area contributed by atoms with Crippen molar-refractivity contribution in [1.29, 1.82) is 0 Å². The van der Waals surface area contributed by atoms with Crippen molar-refractivity contribution in [1.82, 2.24) is 15.0 Å². The predicted octanol–water partition coefficient (Wildman–Crippen LogP) is 5.08. The summed E-state index contributed by atoms with van der Waals surface area (Å²) in [6, 6.07) is 23.2. The van der Waals surface area contributed by atoms with Crippen LogP contribution in [0.25, 0.3) is 33.9 Å². The fourth-order valence-corrected chi connectivity index (χ4v) is 2.89. The highest BCUT2D eigenvalue weighted by atomic mass is 16.1.